The molecule has 18 heavy (non-hydrogen) atoms. The van der Waals surface area contributed by atoms with Crippen molar-refractivity contribution in [2.45, 2.75) is 0 Å². The molecule has 1 aromatic heterocycles. The van der Waals surface area contributed by atoms with E-state index in [0.717, 1.165) is 10.9 Å². The maximum atomic E-state index is 13.8. The number of aromatic nitrogens is 2. The molecular formula is C14H8FN3. The third-order valence-electron chi connectivity index (χ3n) is 2.86. The summed E-state index contributed by atoms with van der Waals surface area (Å²) in [6.45, 7) is 0. The van der Waals surface area contributed by atoms with E-state index in [-0.39, 0.29) is 5.82 Å². The molecule has 0 saturated heterocycles. The Labute approximate surface area is 102 Å². The predicted molar refractivity (Wildman–Crippen MR) is 66.2 cm³/mol. The Morgan fingerprint density at radius 3 is 2.78 bits per heavy atom. The second-order valence-electron chi connectivity index (χ2n) is 3.95. The zero-order valence-corrected chi connectivity index (χ0v) is 9.31. The first-order valence-electron chi connectivity index (χ1n) is 5.42. The van der Waals surface area contributed by atoms with Gasteiger partial charge >= 0.3 is 0 Å². The van der Waals surface area contributed by atoms with Crippen LogP contribution in [0.1, 0.15) is 5.56 Å². The van der Waals surface area contributed by atoms with Crippen molar-refractivity contribution in [1.82, 2.24) is 10.2 Å². The maximum Gasteiger partial charge on any atom is 0.131 e. The first-order chi connectivity index (χ1) is 8.79. The van der Waals surface area contributed by atoms with Gasteiger partial charge in [-0.25, -0.2) is 4.39 Å². The van der Waals surface area contributed by atoms with Crippen LogP contribution >= 0.6 is 0 Å². The summed E-state index contributed by atoms with van der Waals surface area (Å²) in [5.74, 6) is -0.336. The minimum absolute atomic E-state index is 0.336. The minimum atomic E-state index is -0.336. The first-order valence-corrected chi connectivity index (χ1v) is 5.42. The van der Waals surface area contributed by atoms with Gasteiger partial charge in [0.05, 0.1) is 23.3 Å². The van der Waals surface area contributed by atoms with Gasteiger partial charge in [-0.15, -0.1) is 0 Å². The van der Waals surface area contributed by atoms with E-state index in [1.807, 2.05) is 0 Å². The van der Waals surface area contributed by atoms with E-state index < -0.39 is 0 Å². The molecule has 2 aromatic carbocycles. The molecule has 0 saturated carbocycles. The topological polar surface area (TPSA) is 52.5 Å². The highest BCUT2D eigenvalue weighted by Gasteiger charge is 2.11. The fourth-order valence-corrected chi connectivity index (χ4v) is 1.99. The molecule has 0 aliphatic carbocycles. The van der Waals surface area contributed by atoms with E-state index >= 15 is 0 Å². The third kappa shape index (κ3) is 1.54. The number of benzene rings is 2. The molecule has 0 spiro atoms. The van der Waals surface area contributed by atoms with Crippen LogP contribution in [0.5, 0.6) is 0 Å². The molecule has 1 N–H and O–H groups in total. The summed E-state index contributed by atoms with van der Waals surface area (Å²) in [5, 5.41) is 16.7. The van der Waals surface area contributed by atoms with E-state index in [2.05, 4.69) is 16.3 Å². The molecule has 3 nitrogen and oxygen atoms in total. The van der Waals surface area contributed by atoms with Gasteiger partial charge in [-0.05, 0) is 18.2 Å². The number of aromatic amines is 1. The molecule has 86 valence electrons. The van der Waals surface area contributed by atoms with Crippen molar-refractivity contribution in [3.63, 3.8) is 0 Å². The van der Waals surface area contributed by atoms with Crippen molar-refractivity contribution in [3.8, 4) is 17.2 Å². The number of hydrogen-bond acceptors (Lipinski definition) is 2. The summed E-state index contributed by atoms with van der Waals surface area (Å²) in [5.41, 5.74) is 2.21. The Balaban J connectivity index is 2.34. The van der Waals surface area contributed by atoms with Gasteiger partial charge in [0.2, 0.25) is 0 Å². The maximum absolute atomic E-state index is 13.8. The zero-order valence-electron chi connectivity index (χ0n) is 9.31. The largest absolute Gasteiger partial charge is 0.278 e. The van der Waals surface area contributed by atoms with Gasteiger partial charge < -0.3 is 0 Å². The van der Waals surface area contributed by atoms with Gasteiger partial charge in [-0.3, -0.25) is 5.10 Å². The molecule has 0 bridgehead atoms. The molecule has 0 atom stereocenters. The van der Waals surface area contributed by atoms with E-state index in [4.69, 9.17) is 5.26 Å². The third-order valence-corrected chi connectivity index (χ3v) is 2.86. The Hall–Kier alpha value is -2.67. The number of H-pyrrole nitrogens is 1. The van der Waals surface area contributed by atoms with Crippen molar-refractivity contribution in [1.29, 1.82) is 5.26 Å². The highest BCUT2D eigenvalue weighted by molar-refractivity contribution is 5.87. The van der Waals surface area contributed by atoms with Gasteiger partial charge in [-0.2, -0.15) is 10.4 Å². The molecule has 3 rings (SSSR count). The number of rotatable bonds is 1. The second kappa shape index (κ2) is 3.97. The van der Waals surface area contributed by atoms with Crippen LogP contribution in [-0.4, -0.2) is 10.2 Å². The Morgan fingerprint density at radius 1 is 1.17 bits per heavy atom. The number of halogens is 1. The second-order valence-corrected chi connectivity index (χ2v) is 3.95. The monoisotopic (exact) mass is 237 g/mol. The molecule has 4 heteroatoms. The number of nitrogens with zero attached hydrogens (tertiary/aromatic N) is 2. The first kappa shape index (κ1) is 10.5. The SMILES string of the molecule is N#Cc1cc2[nH]ncc2cc1-c1ccccc1F. The van der Waals surface area contributed by atoms with Crippen molar-refractivity contribution in [3.05, 3.63) is 54.0 Å². The van der Waals surface area contributed by atoms with Gasteiger partial charge in [0.15, 0.2) is 0 Å². The van der Waals surface area contributed by atoms with Crippen molar-refractivity contribution in [2.24, 2.45) is 0 Å². The summed E-state index contributed by atoms with van der Waals surface area (Å²) in [6, 6.07) is 12.0. The molecule has 0 unspecified atom stereocenters. The average Bonchev–Trinajstić information content (AvgIpc) is 2.85. The Kier molecular flexibility index (Phi) is 2.31. The van der Waals surface area contributed by atoms with Gasteiger partial charge in [-0.1, -0.05) is 18.2 Å². The quantitative estimate of drug-likeness (QED) is 0.706. The lowest BCUT2D eigenvalue weighted by Gasteiger charge is -2.05. The van der Waals surface area contributed by atoms with Gasteiger partial charge in [0, 0.05) is 16.5 Å². The summed E-state index contributed by atoms with van der Waals surface area (Å²) in [4.78, 5) is 0. The number of hydrogen-bond donors (Lipinski definition) is 1. The molecule has 3 aromatic rings. The van der Waals surface area contributed by atoms with Crippen LogP contribution in [0.4, 0.5) is 4.39 Å². The zero-order chi connectivity index (χ0) is 12.5. The van der Waals surface area contributed by atoms with Gasteiger partial charge in [0.25, 0.3) is 0 Å². The van der Waals surface area contributed by atoms with Crippen molar-refractivity contribution < 1.29 is 4.39 Å². The summed E-state index contributed by atoms with van der Waals surface area (Å²) < 4.78 is 13.8. The fourth-order valence-electron chi connectivity index (χ4n) is 1.99. The number of nitrogens with one attached hydrogen (secondary N) is 1. The number of fused-ring (bicyclic) bond motifs is 1. The molecule has 0 amide bonds. The van der Waals surface area contributed by atoms with E-state index in [1.165, 1.54) is 6.07 Å². The normalized spacial score (nSPS) is 10.4. The van der Waals surface area contributed by atoms with Crippen LogP contribution in [0.25, 0.3) is 22.0 Å². The van der Waals surface area contributed by atoms with Crippen LogP contribution in [0.3, 0.4) is 0 Å². The molecule has 1 heterocycles. The Bertz CT molecular complexity index is 768. The smallest absolute Gasteiger partial charge is 0.131 e. The standard InChI is InChI=1S/C14H8FN3/c15-13-4-2-1-3-11(13)12-5-10-8-17-18-14(10)6-9(12)7-16/h1-6,8H,(H,17,18). The predicted octanol–water partition coefficient (Wildman–Crippen LogP) is 3.24. The lowest BCUT2D eigenvalue weighted by atomic mass is 9.98. The van der Waals surface area contributed by atoms with E-state index in [0.29, 0.717) is 16.7 Å². The summed E-state index contributed by atoms with van der Waals surface area (Å²) in [6.07, 6.45) is 1.65. The van der Waals surface area contributed by atoms with Crippen molar-refractivity contribution in [2.75, 3.05) is 0 Å². The van der Waals surface area contributed by atoms with Crippen LogP contribution in [-0.2, 0) is 0 Å². The average molecular weight is 237 g/mol. The summed E-state index contributed by atoms with van der Waals surface area (Å²) in [7, 11) is 0. The molecular weight excluding hydrogens is 229 g/mol. The molecule has 0 fully saturated rings. The van der Waals surface area contributed by atoms with E-state index in [9.17, 15) is 4.39 Å². The van der Waals surface area contributed by atoms with E-state index in [1.54, 1.807) is 36.5 Å². The van der Waals surface area contributed by atoms with Crippen LogP contribution in [0.15, 0.2) is 42.6 Å². The summed E-state index contributed by atoms with van der Waals surface area (Å²) >= 11 is 0. The van der Waals surface area contributed by atoms with Crippen LogP contribution in [0.2, 0.25) is 0 Å². The molecule has 0 aliphatic rings. The Morgan fingerprint density at radius 2 is 2.00 bits per heavy atom. The fraction of sp³-hybridized carbons (Fsp3) is 0. The minimum Gasteiger partial charge on any atom is -0.278 e. The lowest BCUT2D eigenvalue weighted by molar-refractivity contribution is 0.631. The molecule has 0 aliphatic heterocycles. The highest BCUT2D eigenvalue weighted by atomic mass is 19.1. The van der Waals surface area contributed by atoms with Crippen LogP contribution in [0, 0.1) is 17.1 Å². The molecule has 0 radical (unpaired) electrons. The lowest BCUT2D eigenvalue weighted by Crippen LogP contribution is -1.88. The van der Waals surface area contributed by atoms with Crippen molar-refractivity contribution >= 4 is 10.9 Å². The number of nitriles is 1. The van der Waals surface area contributed by atoms with Gasteiger partial charge in [0.1, 0.15) is 5.82 Å². The van der Waals surface area contributed by atoms with Crippen LogP contribution < -0.4 is 0 Å². The highest BCUT2D eigenvalue weighted by Crippen LogP contribution is 2.29.